The number of esters is 1. The Kier molecular flexibility index (Phi) is 7.44. The van der Waals surface area contributed by atoms with Crippen LogP contribution in [0.25, 0.3) is 0 Å². The van der Waals surface area contributed by atoms with Crippen LogP contribution < -0.4 is 10.6 Å². The van der Waals surface area contributed by atoms with E-state index < -0.39 is 12.0 Å². The van der Waals surface area contributed by atoms with Gasteiger partial charge >= 0.3 is 5.97 Å². The minimum absolute atomic E-state index is 0.0439. The van der Waals surface area contributed by atoms with Crippen LogP contribution in [0.15, 0.2) is 30.3 Å². The van der Waals surface area contributed by atoms with Crippen LogP contribution in [0, 0.1) is 5.92 Å². The van der Waals surface area contributed by atoms with Crippen molar-refractivity contribution >= 4 is 17.8 Å². The second-order valence-corrected chi connectivity index (χ2v) is 6.44. The molecule has 1 aromatic rings. The van der Waals surface area contributed by atoms with Crippen LogP contribution in [0.5, 0.6) is 0 Å². The summed E-state index contributed by atoms with van der Waals surface area (Å²) in [5.41, 5.74) is 0.818. The maximum Gasteiger partial charge on any atom is 0.307 e. The van der Waals surface area contributed by atoms with Gasteiger partial charge < -0.3 is 15.4 Å². The second-order valence-electron chi connectivity index (χ2n) is 6.44. The van der Waals surface area contributed by atoms with Crippen LogP contribution in [0.2, 0.25) is 0 Å². The molecular weight excluding hydrogens is 320 g/mol. The zero-order valence-electron chi connectivity index (χ0n) is 14.6. The van der Waals surface area contributed by atoms with Crippen LogP contribution in [0.1, 0.15) is 50.1 Å². The smallest absolute Gasteiger partial charge is 0.307 e. The first kappa shape index (κ1) is 19.0. The standard InChI is InChI=1S/C19H26N2O4/c1-25-19(24)12-16(15-9-3-2-4-10-15)21-18(23)13-20-17(22)11-14-7-5-6-8-14/h2-4,9-10,14,16H,5-8,11-13H2,1H3,(H,20,22)(H,21,23)/t16-/m1/s1. The van der Waals surface area contributed by atoms with Crippen LogP contribution in [-0.4, -0.2) is 31.4 Å². The predicted molar refractivity (Wildman–Crippen MR) is 93.5 cm³/mol. The highest BCUT2D eigenvalue weighted by Gasteiger charge is 2.21. The molecule has 2 amide bonds. The minimum Gasteiger partial charge on any atom is -0.469 e. The number of nitrogens with one attached hydrogen (secondary N) is 2. The van der Waals surface area contributed by atoms with Crippen LogP contribution in [-0.2, 0) is 19.1 Å². The van der Waals surface area contributed by atoms with Crippen LogP contribution >= 0.6 is 0 Å². The lowest BCUT2D eigenvalue weighted by Crippen LogP contribution is -2.39. The molecule has 1 atom stereocenters. The van der Waals surface area contributed by atoms with Gasteiger partial charge in [-0.15, -0.1) is 0 Å². The van der Waals surface area contributed by atoms with Crippen molar-refractivity contribution in [3.63, 3.8) is 0 Å². The molecule has 0 heterocycles. The average molecular weight is 346 g/mol. The second kappa shape index (κ2) is 9.81. The summed E-state index contributed by atoms with van der Waals surface area (Å²) in [5, 5.41) is 5.46. The highest BCUT2D eigenvalue weighted by Crippen LogP contribution is 2.27. The fourth-order valence-corrected chi connectivity index (χ4v) is 3.16. The molecule has 0 bridgehead atoms. The van der Waals surface area contributed by atoms with Gasteiger partial charge in [0.2, 0.25) is 11.8 Å². The topological polar surface area (TPSA) is 84.5 Å². The first-order chi connectivity index (χ1) is 12.1. The number of amides is 2. The van der Waals surface area contributed by atoms with Crippen molar-refractivity contribution in [2.75, 3.05) is 13.7 Å². The third-order valence-electron chi connectivity index (χ3n) is 4.53. The van der Waals surface area contributed by atoms with Gasteiger partial charge in [-0.25, -0.2) is 0 Å². The van der Waals surface area contributed by atoms with Gasteiger partial charge in [-0.05, 0) is 24.3 Å². The molecule has 0 spiro atoms. The summed E-state index contributed by atoms with van der Waals surface area (Å²) in [6.45, 7) is -0.0872. The van der Waals surface area contributed by atoms with E-state index in [0.29, 0.717) is 12.3 Å². The Bertz CT molecular complexity index is 582. The molecule has 0 aromatic heterocycles. The van der Waals surface area contributed by atoms with Gasteiger partial charge in [0.25, 0.3) is 0 Å². The van der Waals surface area contributed by atoms with Gasteiger partial charge in [0.1, 0.15) is 0 Å². The van der Waals surface area contributed by atoms with E-state index in [1.54, 1.807) is 0 Å². The Balaban J connectivity index is 1.83. The number of hydrogen-bond donors (Lipinski definition) is 2. The summed E-state index contributed by atoms with van der Waals surface area (Å²) < 4.78 is 4.70. The zero-order valence-corrected chi connectivity index (χ0v) is 14.6. The lowest BCUT2D eigenvalue weighted by molar-refractivity contribution is -0.141. The Morgan fingerprint density at radius 3 is 2.44 bits per heavy atom. The lowest BCUT2D eigenvalue weighted by Gasteiger charge is -2.18. The number of carbonyl (C=O) groups is 3. The van der Waals surface area contributed by atoms with E-state index in [1.165, 1.54) is 20.0 Å². The van der Waals surface area contributed by atoms with Crippen molar-refractivity contribution in [1.29, 1.82) is 0 Å². The number of carbonyl (C=O) groups excluding carboxylic acids is 3. The molecule has 2 rings (SSSR count). The Morgan fingerprint density at radius 2 is 1.80 bits per heavy atom. The van der Waals surface area contributed by atoms with Gasteiger partial charge in [0.05, 0.1) is 26.1 Å². The molecule has 136 valence electrons. The summed E-state index contributed by atoms with van der Waals surface area (Å²) >= 11 is 0. The Hall–Kier alpha value is -2.37. The fraction of sp³-hybridized carbons (Fsp3) is 0.526. The number of hydrogen-bond acceptors (Lipinski definition) is 4. The SMILES string of the molecule is COC(=O)C[C@@H](NC(=O)CNC(=O)CC1CCCC1)c1ccccc1. The number of methoxy groups -OCH3 is 1. The van der Waals surface area contributed by atoms with Gasteiger partial charge in [0.15, 0.2) is 0 Å². The molecule has 1 aromatic carbocycles. The lowest BCUT2D eigenvalue weighted by atomic mass is 10.0. The first-order valence-corrected chi connectivity index (χ1v) is 8.76. The molecule has 1 aliphatic rings. The van der Waals surface area contributed by atoms with Gasteiger partial charge in [-0.1, -0.05) is 43.2 Å². The quantitative estimate of drug-likeness (QED) is 0.706. The maximum atomic E-state index is 12.2. The fourth-order valence-electron chi connectivity index (χ4n) is 3.16. The van der Waals surface area contributed by atoms with Crippen molar-refractivity contribution < 1.29 is 19.1 Å². The predicted octanol–water partition coefficient (Wildman–Crippen LogP) is 2.10. The molecule has 1 saturated carbocycles. The van der Waals surface area contributed by atoms with Crippen molar-refractivity contribution in [2.24, 2.45) is 5.92 Å². The normalized spacial score (nSPS) is 15.4. The van der Waals surface area contributed by atoms with E-state index in [0.717, 1.165) is 18.4 Å². The van der Waals surface area contributed by atoms with Crippen molar-refractivity contribution in [1.82, 2.24) is 10.6 Å². The molecule has 6 heteroatoms. The van der Waals surface area contributed by atoms with E-state index in [2.05, 4.69) is 10.6 Å². The van der Waals surface area contributed by atoms with E-state index in [4.69, 9.17) is 4.74 Å². The summed E-state index contributed by atoms with van der Waals surface area (Å²) in [5.74, 6) is -0.373. The Labute approximate surface area is 148 Å². The van der Waals surface area contributed by atoms with Crippen LogP contribution in [0.3, 0.4) is 0 Å². The van der Waals surface area contributed by atoms with E-state index in [-0.39, 0.29) is 24.8 Å². The average Bonchev–Trinajstić information content (AvgIpc) is 3.13. The molecule has 0 aliphatic heterocycles. The summed E-state index contributed by atoms with van der Waals surface area (Å²) in [7, 11) is 1.31. The summed E-state index contributed by atoms with van der Waals surface area (Å²) in [6.07, 6.45) is 5.08. The minimum atomic E-state index is -0.479. The number of benzene rings is 1. The highest BCUT2D eigenvalue weighted by molar-refractivity contribution is 5.85. The molecule has 2 N–H and O–H groups in total. The number of rotatable bonds is 8. The number of ether oxygens (including phenoxy) is 1. The highest BCUT2D eigenvalue weighted by atomic mass is 16.5. The Morgan fingerprint density at radius 1 is 1.12 bits per heavy atom. The van der Waals surface area contributed by atoms with Crippen molar-refractivity contribution in [3.05, 3.63) is 35.9 Å². The summed E-state index contributed by atoms with van der Waals surface area (Å²) in [4.78, 5) is 35.7. The van der Waals surface area contributed by atoms with Crippen LogP contribution in [0.4, 0.5) is 0 Å². The zero-order chi connectivity index (χ0) is 18.1. The van der Waals surface area contributed by atoms with E-state index in [1.807, 2.05) is 30.3 Å². The first-order valence-electron chi connectivity index (χ1n) is 8.76. The largest absolute Gasteiger partial charge is 0.469 e. The van der Waals surface area contributed by atoms with Gasteiger partial charge in [-0.2, -0.15) is 0 Å². The van der Waals surface area contributed by atoms with E-state index in [9.17, 15) is 14.4 Å². The third kappa shape index (κ3) is 6.57. The molecular formula is C19H26N2O4. The molecule has 0 saturated heterocycles. The van der Waals surface area contributed by atoms with Gasteiger partial charge in [-0.3, -0.25) is 14.4 Å². The van der Waals surface area contributed by atoms with Crippen molar-refractivity contribution in [3.8, 4) is 0 Å². The molecule has 6 nitrogen and oxygen atoms in total. The van der Waals surface area contributed by atoms with E-state index >= 15 is 0 Å². The van der Waals surface area contributed by atoms with Crippen molar-refractivity contribution in [2.45, 2.75) is 44.6 Å². The maximum absolute atomic E-state index is 12.2. The molecule has 1 fully saturated rings. The third-order valence-corrected chi connectivity index (χ3v) is 4.53. The monoisotopic (exact) mass is 346 g/mol. The molecule has 0 radical (unpaired) electrons. The molecule has 1 aliphatic carbocycles. The molecule has 0 unspecified atom stereocenters. The summed E-state index contributed by atoms with van der Waals surface area (Å²) in [6, 6.07) is 8.75. The molecule has 25 heavy (non-hydrogen) atoms. The van der Waals surface area contributed by atoms with Gasteiger partial charge in [0, 0.05) is 6.42 Å².